The van der Waals surface area contributed by atoms with Crippen LogP contribution in [-0.2, 0) is 10.8 Å². The van der Waals surface area contributed by atoms with Gasteiger partial charge in [0.05, 0.1) is 0 Å². The zero-order valence-electron chi connectivity index (χ0n) is 29.2. The Labute approximate surface area is 296 Å². The highest BCUT2D eigenvalue weighted by atomic mass is 15.1. The molecule has 9 rings (SSSR count). The van der Waals surface area contributed by atoms with E-state index in [2.05, 4.69) is 207 Å². The predicted octanol–water partition coefficient (Wildman–Crippen LogP) is 12.9. The molecule has 0 bridgehead atoms. The maximum Gasteiger partial charge on any atom is 0.0465 e. The maximum atomic E-state index is 2.63. The maximum absolute atomic E-state index is 2.63. The van der Waals surface area contributed by atoms with Gasteiger partial charge in [0.2, 0.25) is 0 Å². The van der Waals surface area contributed by atoms with E-state index in [1.807, 2.05) is 0 Å². The fraction of sp³-hybridized carbons (Fsp3) is 0.167. The minimum atomic E-state index is -0.120. The highest BCUT2D eigenvalue weighted by Gasteiger charge is 2.50. The lowest BCUT2D eigenvalue weighted by Gasteiger charge is -2.34. The molecule has 2 heteroatoms. The monoisotopic (exact) mass is 646 g/mol. The van der Waals surface area contributed by atoms with Crippen molar-refractivity contribution in [2.75, 3.05) is 9.80 Å². The summed E-state index contributed by atoms with van der Waals surface area (Å²) in [6, 6.07) is 57.2. The molecule has 0 amide bonds. The average molecular weight is 647 g/mol. The van der Waals surface area contributed by atoms with Crippen LogP contribution in [-0.4, -0.2) is 0 Å². The molecule has 0 saturated carbocycles. The van der Waals surface area contributed by atoms with Crippen molar-refractivity contribution in [3.05, 3.63) is 198 Å². The summed E-state index contributed by atoms with van der Waals surface area (Å²) >= 11 is 0. The number of benzene rings is 6. The molecule has 244 valence electrons. The van der Waals surface area contributed by atoms with Crippen LogP contribution in [0.25, 0.3) is 5.57 Å². The molecule has 0 spiro atoms. The Kier molecular flexibility index (Phi) is 7.00. The summed E-state index contributed by atoms with van der Waals surface area (Å²) in [5, 5.41) is 0. The summed E-state index contributed by atoms with van der Waals surface area (Å²) in [6.07, 6.45) is 5.26. The minimum absolute atomic E-state index is 0.0334. The third-order valence-corrected chi connectivity index (χ3v) is 11.5. The van der Waals surface area contributed by atoms with E-state index in [9.17, 15) is 0 Å². The fourth-order valence-electron chi connectivity index (χ4n) is 8.95. The molecule has 0 saturated heterocycles. The van der Waals surface area contributed by atoms with Crippen molar-refractivity contribution < 1.29 is 0 Å². The van der Waals surface area contributed by atoms with Crippen LogP contribution in [0, 0.1) is 5.92 Å². The molecule has 0 N–H and O–H groups in total. The van der Waals surface area contributed by atoms with E-state index in [1.54, 1.807) is 0 Å². The van der Waals surface area contributed by atoms with Gasteiger partial charge in [0.15, 0.2) is 0 Å². The second-order valence-corrected chi connectivity index (χ2v) is 15.1. The summed E-state index contributed by atoms with van der Waals surface area (Å²) in [7, 11) is 0. The third kappa shape index (κ3) is 4.70. The predicted molar refractivity (Wildman–Crippen MR) is 211 cm³/mol. The third-order valence-electron chi connectivity index (χ3n) is 11.5. The minimum Gasteiger partial charge on any atom is -0.310 e. The molecule has 0 radical (unpaired) electrons. The molecule has 0 aromatic heterocycles. The van der Waals surface area contributed by atoms with Crippen molar-refractivity contribution in [2.45, 2.75) is 44.4 Å². The van der Waals surface area contributed by atoms with Gasteiger partial charge in [0.1, 0.15) is 0 Å². The van der Waals surface area contributed by atoms with Crippen molar-refractivity contribution in [1.29, 1.82) is 0 Å². The van der Waals surface area contributed by atoms with Gasteiger partial charge in [-0.05, 0) is 118 Å². The number of anilines is 6. The number of nitrogens with zero attached hydrogens (tertiary/aromatic N) is 2. The lowest BCUT2D eigenvalue weighted by molar-refractivity contribution is 0.393. The van der Waals surface area contributed by atoms with Crippen LogP contribution >= 0.6 is 0 Å². The van der Waals surface area contributed by atoms with Gasteiger partial charge in [-0.3, -0.25) is 0 Å². The highest BCUT2D eigenvalue weighted by Crippen LogP contribution is 2.61. The van der Waals surface area contributed by atoms with E-state index in [0.717, 1.165) is 11.4 Å². The smallest absolute Gasteiger partial charge is 0.0465 e. The second-order valence-electron chi connectivity index (χ2n) is 15.1. The van der Waals surface area contributed by atoms with Gasteiger partial charge in [-0.15, -0.1) is 0 Å². The Morgan fingerprint density at radius 2 is 0.880 bits per heavy atom. The molecule has 2 unspecified atom stereocenters. The van der Waals surface area contributed by atoms with E-state index < -0.39 is 0 Å². The first kappa shape index (κ1) is 30.5. The molecule has 3 aliphatic rings. The number of hydrogen-bond donors (Lipinski definition) is 0. The number of para-hydroxylation sites is 4. The number of fused-ring (bicyclic) bond motifs is 6. The SMILES string of the molecule is CC1(C)C2=CC3c4ccc(N(c5ccccc5)c5ccccc5)cc4C(C)(C)C3C=C2c2ccc(N(c3ccccc3)c3ccccc3)cc21. The average Bonchev–Trinajstić information content (AvgIpc) is 3.51. The first-order valence-corrected chi connectivity index (χ1v) is 17.9. The van der Waals surface area contributed by atoms with Crippen LogP contribution in [0.5, 0.6) is 0 Å². The first-order chi connectivity index (χ1) is 24.3. The Morgan fingerprint density at radius 1 is 0.440 bits per heavy atom. The van der Waals surface area contributed by atoms with Crippen LogP contribution in [0.3, 0.4) is 0 Å². The van der Waals surface area contributed by atoms with Gasteiger partial charge in [-0.1, -0.05) is 125 Å². The van der Waals surface area contributed by atoms with Crippen LogP contribution in [0.4, 0.5) is 34.1 Å². The normalized spacial score (nSPS) is 19.0. The van der Waals surface area contributed by atoms with Gasteiger partial charge in [0, 0.05) is 45.5 Å². The van der Waals surface area contributed by atoms with Gasteiger partial charge in [-0.2, -0.15) is 0 Å². The van der Waals surface area contributed by atoms with Gasteiger partial charge in [0.25, 0.3) is 0 Å². The second kappa shape index (κ2) is 11.5. The first-order valence-electron chi connectivity index (χ1n) is 17.9. The van der Waals surface area contributed by atoms with Crippen molar-refractivity contribution in [3.63, 3.8) is 0 Å². The topological polar surface area (TPSA) is 6.48 Å². The summed E-state index contributed by atoms with van der Waals surface area (Å²) in [5.41, 5.74) is 15.5. The number of allylic oxidation sites excluding steroid dienone is 4. The molecule has 2 nitrogen and oxygen atoms in total. The summed E-state index contributed by atoms with van der Waals surface area (Å²) in [5.74, 6) is 0.716. The fourth-order valence-corrected chi connectivity index (χ4v) is 8.95. The molecule has 6 aromatic carbocycles. The molecular formula is C48H42N2. The zero-order valence-corrected chi connectivity index (χ0v) is 29.2. The largest absolute Gasteiger partial charge is 0.310 e. The van der Waals surface area contributed by atoms with Gasteiger partial charge < -0.3 is 9.80 Å². The molecule has 0 fully saturated rings. The van der Waals surface area contributed by atoms with E-state index in [1.165, 1.54) is 56.1 Å². The summed E-state index contributed by atoms with van der Waals surface area (Å²) in [4.78, 5) is 4.76. The summed E-state index contributed by atoms with van der Waals surface area (Å²) in [6.45, 7) is 9.74. The number of hydrogen-bond acceptors (Lipinski definition) is 2. The van der Waals surface area contributed by atoms with Crippen molar-refractivity contribution in [2.24, 2.45) is 5.92 Å². The molecule has 6 aromatic rings. The van der Waals surface area contributed by atoms with Crippen LogP contribution in [0.2, 0.25) is 0 Å². The summed E-state index contributed by atoms with van der Waals surface area (Å²) < 4.78 is 0. The Balaban J connectivity index is 1.13. The number of rotatable bonds is 6. The molecular weight excluding hydrogens is 605 g/mol. The van der Waals surface area contributed by atoms with Gasteiger partial charge >= 0.3 is 0 Å². The van der Waals surface area contributed by atoms with Gasteiger partial charge in [-0.25, -0.2) is 0 Å². The van der Waals surface area contributed by atoms with E-state index in [4.69, 9.17) is 0 Å². The standard InChI is InChI=1S/C48H42N2/c1-47(2)43-29-37(49(33-17-9-5-10-18-33)34-19-11-6-12-20-34)25-27-39(43)41-32-46-42(31-45(41)47)40-28-26-38(30-44(40)48(46,3)4)50(35-21-13-7-14-22-35)36-23-15-8-16-24-36/h5-32,41,45H,1-4H3. The van der Waals surface area contributed by atoms with Crippen LogP contribution < -0.4 is 9.80 Å². The lowest BCUT2D eigenvalue weighted by Crippen LogP contribution is -2.27. The van der Waals surface area contributed by atoms with Crippen molar-refractivity contribution in [3.8, 4) is 0 Å². The Morgan fingerprint density at radius 3 is 1.36 bits per heavy atom. The Hall–Kier alpha value is -5.60. The Bertz CT molecular complexity index is 2180. The van der Waals surface area contributed by atoms with Crippen LogP contribution in [0.15, 0.2) is 175 Å². The van der Waals surface area contributed by atoms with E-state index in [-0.39, 0.29) is 10.8 Å². The zero-order chi connectivity index (χ0) is 34.0. The van der Waals surface area contributed by atoms with Crippen molar-refractivity contribution in [1.82, 2.24) is 0 Å². The lowest BCUT2D eigenvalue weighted by atomic mass is 9.70. The highest BCUT2D eigenvalue weighted by molar-refractivity contribution is 5.93. The quantitative estimate of drug-likeness (QED) is 0.178. The molecule has 3 aliphatic carbocycles. The van der Waals surface area contributed by atoms with E-state index in [0.29, 0.717) is 11.8 Å². The van der Waals surface area contributed by atoms with E-state index >= 15 is 0 Å². The molecule has 0 heterocycles. The molecule has 50 heavy (non-hydrogen) atoms. The molecule has 2 atom stereocenters. The molecule has 0 aliphatic heterocycles. The van der Waals surface area contributed by atoms with Crippen LogP contribution in [0.1, 0.15) is 55.9 Å². The van der Waals surface area contributed by atoms with Crippen molar-refractivity contribution >= 4 is 39.7 Å².